The van der Waals surface area contributed by atoms with Gasteiger partial charge in [0.25, 0.3) is 0 Å². The van der Waals surface area contributed by atoms with Gasteiger partial charge in [0.05, 0.1) is 0 Å². The molecule has 0 aromatic heterocycles. The molecule has 1 aromatic rings. The van der Waals surface area contributed by atoms with E-state index < -0.39 is 27.8 Å². The summed E-state index contributed by atoms with van der Waals surface area (Å²) in [5.41, 5.74) is -1.38. The standard InChI is InChI=1S/C21H24FNO3/c1-12-5-6-13-11-14(22)7-8-15(13)23(12)18(26)21-10-9-20(4,19(21,2)3)16(24)17(21)25/h7-8,11-12H,5-6,9-10H2,1-4H3/t12-,20+,21+/m0/s1. The highest BCUT2D eigenvalue weighted by Gasteiger charge is 2.78. The molecule has 2 fully saturated rings. The van der Waals surface area contributed by atoms with Crippen molar-refractivity contribution in [3.05, 3.63) is 29.6 Å². The summed E-state index contributed by atoms with van der Waals surface area (Å²) in [6.45, 7) is 7.52. The fourth-order valence-electron chi connectivity index (χ4n) is 5.48. The minimum Gasteiger partial charge on any atom is -0.308 e. The second-order valence-electron chi connectivity index (χ2n) is 8.86. The number of hydrogen-bond acceptors (Lipinski definition) is 3. The van der Waals surface area contributed by atoms with Gasteiger partial charge in [-0.15, -0.1) is 0 Å². The molecular weight excluding hydrogens is 333 g/mol. The van der Waals surface area contributed by atoms with E-state index in [1.807, 2.05) is 27.7 Å². The number of anilines is 1. The van der Waals surface area contributed by atoms with Crippen LogP contribution in [-0.2, 0) is 20.8 Å². The highest BCUT2D eigenvalue weighted by atomic mass is 19.1. The molecule has 26 heavy (non-hydrogen) atoms. The summed E-state index contributed by atoms with van der Waals surface area (Å²) in [5, 5.41) is 0. The third-order valence-corrected chi connectivity index (χ3v) is 7.70. The molecule has 138 valence electrons. The van der Waals surface area contributed by atoms with Crippen molar-refractivity contribution in [3.63, 3.8) is 0 Å². The molecule has 0 saturated heterocycles. The van der Waals surface area contributed by atoms with Gasteiger partial charge < -0.3 is 4.90 Å². The highest BCUT2D eigenvalue weighted by Crippen LogP contribution is 2.69. The summed E-state index contributed by atoms with van der Waals surface area (Å²) < 4.78 is 13.7. The summed E-state index contributed by atoms with van der Waals surface area (Å²) in [6, 6.07) is 4.34. The van der Waals surface area contributed by atoms with Crippen LogP contribution in [0.4, 0.5) is 10.1 Å². The Labute approximate surface area is 152 Å². The van der Waals surface area contributed by atoms with Crippen LogP contribution < -0.4 is 4.90 Å². The fraction of sp³-hybridized carbons (Fsp3) is 0.571. The van der Waals surface area contributed by atoms with Crippen LogP contribution in [0.1, 0.15) is 52.5 Å². The predicted octanol–water partition coefficient (Wildman–Crippen LogP) is 3.46. The van der Waals surface area contributed by atoms with Crippen molar-refractivity contribution in [2.24, 2.45) is 16.2 Å². The molecule has 0 radical (unpaired) electrons. The molecule has 1 heterocycles. The van der Waals surface area contributed by atoms with E-state index in [4.69, 9.17) is 0 Å². The largest absolute Gasteiger partial charge is 0.308 e. The predicted molar refractivity (Wildman–Crippen MR) is 95.2 cm³/mol. The van der Waals surface area contributed by atoms with Crippen LogP contribution in [0.2, 0.25) is 0 Å². The Morgan fingerprint density at radius 2 is 1.85 bits per heavy atom. The topological polar surface area (TPSA) is 54.5 Å². The van der Waals surface area contributed by atoms with E-state index in [1.54, 1.807) is 11.0 Å². The molecule has 1 amide bonds. The molecule has 4 nitrogen and oxygen atoms in total. The fourth-order valence-corrected chi connectivity index (χ4v) is 5.48. The molecule has 2 saturated carbocycles. The maximum Gasteiger partial charge on any atom is 0.242 e. The lowest BCUT2D eigenvalue weighted by Crippen LogP contribution is -2.56. The van der Waals surface area contributed by atoms with Gasteiger partial charge in [-0.3, -0.25) is 14.4 Å². The Hall–Kier alpha value is -2.04. The van der Waals surface area contributed by atoms with E-state index >= 15 is 0 Å². The van der Waals surface area contributed by atoms with E-state index in [0.717, 1.165) is 5.56 Å². The third-order valence-electron chi connectivity index (χ3n) is 7.70. The molecule has 0 spiro atoms. The van der Waals surface area contributed by atoms with Gasteiger partial charge in [-0.2, -0.15) is 0 Å². The first-order valence-corrected chi connectivity index (χ1v) is 9.29. The molecule has 0 unspecified atom stereocenters. The molecule has 2 bridgehead atoms. The first-order valence-electron chi connectivity index (χ1n) is 9.29. The number of nitrogens with zero attached hydrogens (tertiary/aromatic N) is 1. The monoisotopic (exact) mass is 357 g/mol. The van der Waals surface area contributed by atoms with E-state index in [9.17, 15) is 18.8 Å². The van der Waals surface area contributed by atoms with Gasteiger partial charge in [-0.05, 0) is 61.8 Å². The maximum atomic E-state index is 13.8. The number of aryl methyl sites for hydroxylation is 1. The summed E-state index contributed by atoms with van der Waals surface area (Å²) in [5.74, 6) is -1.57. The number of Topliss-reactive ketones (excluding diaryl/α,β-unsaturated/α-hetero) is 2. The number of benzene rings is 1. The van der Waals surface area contributed by atoms with Crippen molar-refractivity contribution in [2.45, 2.75) is 59.4 Å². The maximum absolute atomic E-state index is 13.8. The van der Waals surface area contributed by atoms with E-state index in [1.165, 1.54) is 12.1 Å². The zero-order valence-corrected chi connectivity index (χ0v) is 15.7. The Bertz CT molecular complexity index is 861. The second kappa shape index (κ2) is 5.02. The van der Waals surface area contributed by atoms with Gasteiger partial charge in [0.15, 0.2) is 0 Å². The van der Waals surface area contributed by atoms with Gasteiger partial charge in [-0.1, -0.05) is 20.8 Å². The zero-order valence-electron chi connectivity index (χ0n) is 15.7. The molecule has 2 aliphatic carbocycles. The van der Waals surface area contributed by atoms with Crippen LogP contribution in [-0.4, -0.2) is 23.5 Å². The molecule has 1 aliphatic heterocycles. The molecule has 3 aliphatic rings. The Morgan fingerprint density at radius 3 is 2.46 bits per heavy atom. The lowest BCUT2D eigenvalue weighted by molar-refractivity contribution is -0.148. The quantitative estimate of drug-likeness (QED) is 0.571. The number of carbonyl (C=O) groups is 3. The van der Waals surface area contributed by atoms with Gasteiger partial charge >= 0.3 is 0 Å². The molecule has 5 heteroatoms. The summed E-state index contributed by atoms with van der Waals surface area (Å²) in [6.07, 6.45) is 2.35. The molecular formula is C21H24FNO3. The van der Waals surface area contributed by atoms with Crippen LogP contribution >= 0.6 is 0 Å². The van der Waals surface area contributed by atoms with Crippen molar-refractivity contribution in [1.82, 2.24) is 0 Å². The lowest BCUT2D eigenvalue weighted by atomic mass is 9.64. The summed E-state index contributed by atoms with van der Waals surface area (Å²) in [7, 11) is 0. The number of fused-ring (bicyclic) bond motifs is 3. The number of ketones is 2. The van der Waals surface area contributed by atoms with Crippen molar-refractivity contribution in [2.75, 3.05) is 4.90 Å². The van der Waals surface area contributed by atoms with Crippen molar-refractivity contribution in [1.29, 1.82) is 0 Å². The van der Waals surface area contributed by atoms with Gasteiger partial charge in [-0.25, -0.2) is 4.39 Å². The van der Waals surface area contributed by atoms with Crippen LogP contribution in [0, 0.1) is 22.1 Å². The summed E-state index contributed by atoms with van der Waals surface area (Å²) >= 11 is 0. The molecule has 3 atom stereocenters. The van der Waals surface area contributed by atoms with Crippen molar-refractivity contribution < 1.29 is 18.8 Å². The van der Waals surface area contributed by atoms with E-state index in [-0.39, 0.29) is 17.8 Å². The number of hydrogen-bond donors (Lipinski definition) is 0. The van der Waals surface area contributed by atoms with Crippen LogP contribution in [0.15, 0.2) is 18.2 Å². The van der Waals surface area contributed by atoms with Crippen LogP contribution in [0.5, 0.6) is 0 Å². The normalized spacial score (nSPS) is 35.0. The Morgan fingerprint density at radius 1 is 1.15 bits per heavy atom. The molecule has 0 N–H and O–H groups in total. The van der Waals surface area contributed by atoms with Crippen LogP contribution in [0.3, 0.4) is 0 Å². The van der Waals surface area contributed by atoms with Crippen molar-refractivity contribution >= 4 is 23.2 Å². The van der Waals surface area contributed by atoms with Gasteiger partial charge in [0.1, 0.15) is 11.2 Å². The third kappa shape index (κ3) is 1.72. The van der Waals surface area contributed by atoms with E-state index in [0.29, 0.717) is 31.4 Å². The number of amides is 1. The molecule has 4 rings (SSSR count). The second-order valence-corrected chi connectivity index (χ2v) is 8.86. The summed E-state index contributed by atoms with van der Waals surface area (Å²) in [4.78, 5) is 41.2. The SMILES string of the molecule is C[C@H]1CCc2cc(F)ccc2N1C(=O)[C@@]12CC[C@](C)(C(=O)C1=O)C2(C)C. The smallest absolute Gasteiger partial charge is 0.242 e. The Kier molecular flexibility index (Phi) is 3.36. The lowest BCUT2D eigenvalue weighted by Gasteiger charge is -2.44. The number of rotatable bonds is 1. The van der Waals surface area contributed by atoms with Crippen LogP contribution in [0.25, 0.3) is 0 Å². The van der Waals surface area contributed by atoms with Gasteiger partial charge in [0, 0.05) is 17.1 Å². The first-order chi connectivity index (χ1) is 12.1. The average Bonchev–Trinajstić information content (AvgIpc) is 2.86. The Balaban J connectivity index is 1.87. The average molecular weight is 357 g/mol. The van der Waals surface area contributed by atoms with Crippen molar-refractivity contribution in [3.8, 4) is 0 Å². The number of carbonyl (C=O) groups excluding carboxylic acids is 3. The zero-order chi connectivity index (χ0) is 19.1. The number of halogens is 1. The minimum absolute atomic E-state index is 0.0963. The van der Waals surface area contributed by atoms with E-state index in [2.05, 4.69) is 0 Å². The van der Waals surface area contributed by atoms with Gasteiger partial charge in [0.2, 0.25) is 17.5 Å². The highest BCUT2D eigenvalue weighted by molar-refractivity contribution is 6.49. The molecule has 1 aromatic carbocycles. The minimum atomic E-state index is -1.31. The first kappa shape index (κ1) is 17.4.